The average molecular weight is 411 g/mol. The van der Waals surface area contributed by atoms with Crippen LogP contribution >= 0.6 is 0 Å². The number of aryl methyl sites for hydroxylation is 1. The summed E-state index contributed by atoms with van der Waals surface area (Å²) in [6.45, 7) is 2.63. The van der Waals surface area contributed by atoms with Gasteiger partial charge in [0.25, 0.3) is 10.0 Å². The third-order valence-electron chi connectivity index (χ3n) is 5.78. The SMILES string of the molecule is Cn1cnc(S(=O)(=O)N2CC3CN(c4ccc(-c5ccccc5)nn4)CC3C2)c1. The van der Waals surface area contributed by atoms with Crippen LogP contribution in [0.2, 0.25) is 0 Å². The molecule has 9 heteroatoms. The molecule has 2 aromatic heterocycles. The van der Waals surface area contributed by atoms with Gasteiger partial charge in [-0.2, -0.15) is 4.31 Å². The lowest BCUT2D eigenvalue weighted by molar-refractivity contribution is 0.451. The first-order valence-corrected chi connectivity index (χ1v) is 11.1. The summed E-state index contributed by atoms with van der Waals surface area (Å²) in [4.78, 5) is 6.24. The third kappa shape index (κ3) is 3.30. The van der Waals surface area contributed by atoms with Crippen molar-refractivity contribution < 1.29 is 8.42 Å². The van der Waals surface area contributed by atoms with Gasteiger partial charge in [-0.3, -0.25) is 0 Å². The van der Waals surface area contributed by atoms with Gasteiger partial charge in [0, 0.05) is 45.0 Å². The van der Waals surface area contributed by atoms with Crippen molar-refractivity contribution in [1.82, 2.24) is 24.1 Å². The smallest absolute Gasteiger partial charge is 0.262 e. The molecule has 3 aromatic rings. The predicted octanol–water partition coefficient (Wildman–Crippen LogP) is 1.63. The van der Waals surface area contributed by atoms with Crippen molar-refractivity contribution >= 4 is 15.8 Å². The van der Waals surface area contributed by atoms with Crippen molar-refractivity contribution in [2.45, 2.75) is 5.03 Å². The van der Waals surface area contributed by atoms with Gasteiger partial charge in [0.15, 0.2) is 10.8 Å². The molecule has 150 valence electrons. The Morgan fingerprint density at radius 3 is 2.24 bits per heavy atom. The van der Waals surface area contributed by atoms with Crippen LogP contribution < -0.4 is 4.90 Å². The number of hydrogen-bond donors (Lipinski definition) is 0. The Bertz CT molecular complexity index is 1100. The standard InChI is InChI=1S/C20H22N6O2S/c1-24-13-20(21-14-24)29(27,28)26-11-16-9-25(10-17(16)12-26)19-8-7-18(22-23-19)15-5-3-2-4-6-15/h2-8,13-14,16-17H,9-12H2,1H3. The average Bonchev–Trinajstić information content (AvgIpc) is 3.44. The summed E-state index contributed by atoms with van der Waals surface area (Å²) in [5, 5.41) is 8.91. The Morgan fingerprint density at radius 2 is 1.66 bits per heavy atom. The van der Waals surface area contributed by atoms with E-state index in [9.17, 15) is 8.42 Å². The van der Waals surface area contributed by atoms with E-state index < -0.39 is 10.0 Å². The molecular weight excluding hydrogens is 388 g/mol. The zero-order valence-electron chi connectivity index (χ0n) is 16.1. The van der Waals surface area contributed by atoms with Crippen molar-refractivity contribution in [1.29, 1.82) is 0 Å². The van der Waals surface area contributed by atoms with Gasteiger partial charge >= 0.3 is 0 Å². The van der Waals surface area contributed by atoms with Gasteiger partial charge in [-0.25, -0.2) is 13.4 Å². The highest BCUT2D eigenvalue weighted by atomic mass is 32.2. The molecule has 0 spiro atoms. The molecule has 0 aliphatic carbocycles. The first-order chi connectivity index (χ1) is 14.0. The van der Waals surface area contributed by atoms with E-state index in [1.54, 1.807) is 22.1 Å². The summed E-state index contributed by atoms with van der Waals surface area (Å²) in [6.07, 6.45) is 3.07. The van der Waals surface area contributed by atoms with Crippen LogP contribution in [0.25, 0.3) is 11.3 Å². The molecule has 2 saturated heterocycles. The normalized spacial score (nSPS) is 22.2. The van der Waals surface area contributed by atoms with Gasteiger partial charge in [0.1, 0.15) is 0 Å². The van der Waals surface area contributed by atoms with Crippen LogP contribution in [0.15, 0.2) is 60.0 Å². The van der Waals surface area contributed by atoms with E-state index in [2.05, 4.69) is 20.1 Å². The Morgan fingerprint density at radius 1 is 0.931 bits per heavy atom. The fraction of sp³-hybridized carbons (Fsp3) is 0.350. The van der Waals surface area contributed by atoms with Crippen LogP contribution in [0, 0.1) is 11.8 Å². The zero-order chi connectivity index (χ0) is 20.0. The highest BCUT2D eigenvalue weighted by molar-refractivity contribution is 7.89. The summed E-state index contributed by atoms with van der Waals surface area (Å²) >= 11 is 0. The highest BCUT2D eigenvalue weighted by Gasteiger charge is 2.45. The molecular formula is C20H22N6O2S. The number of sulfonamides is 1. The molecule has 5 rings (SSSR count). The van der Waals surface area contributed by atoms with Crippen LogP contribution in [0.1, 0.15) is 0 Å². The largest absolute Gasteiger partial charge is 0.354 e. The number of imidazole rings is 1. The maximum absolute atomic E-state index is 12.8. The number of rotatable bonds is 4. The summed E-state index contributed by atoms with van der Waals surface area (Å²) in [5.41, 5.74) is 1.89. The highest BCUT2D eigenvalue weighted by Crippen LogP contribution is 2.35. The minimum Gasteiger partial charge on any atom is -0.354 e. The molecule has 0 amide bonds. The maximum atomic E-state index is 12.8. The van der Waals surface area contributed by atoms with Crippen molar-refractivity contribution in [2.75, 3.05) is 31.1 Å². The molecule has 0 radical (unpaired) electrons. The van der Waals surface area contributed by atoms with E-state index in [1.165, 1.54) is 6.33 Å². The number of hydrogen-bond acceptors (Lipinski definition) is 6. The second-order valence-corrected chi connectivity index (χ2v) is 9.65. The molecule has 2 fully saturated rings. The van der Waals surface area contributed by atoms with Crippen molar-refractivity contribution in [2.24, 2.45) is 18.9 Å². The van der Waals surface area contributed by atoms with E-state index in [-0.39, 0.29) is 5.03 Å². The number of nitrogens with zero attached hydrogens (tertiary/aromatic N) is 6. The molecule has 0 N–H and O–H groups in total. The molecule has 1 aromatic carbocycles. The predicted molar refractivity (Wildman–Crippen MR) is 109 cm³/mol. The summed E-state index contributed by atoms with van der Waals surface area (Å²) in [5.74, 6) is 1.44. The Hall–Kier alpha value is -2.78. The van der Waals surface area contributed by atoms with E-state index in [1.807, 2.05) is 42.5 Å². The van der Waals surface area contributed by atoms with E-state index >= 15 is 0 Å². The third-order valence-corrected chi connectivity index (χ3v) is 7.50. The molecule has 4 heterocycles. The minimum absolute atomic E-state index is 0.124. The lowest BCUT2D eigenvalue weighted by Gasteiger charge is -2.21. The van der Waals surface area contributed by atoms with Crippen LogP contribution in [0.3, 0.4) is 0 Å². The summed E-state index contributed by atoms with van der Waals surface area (Å²) in [7, 11) is -1.75. The topological polar surface area (TPSA) is 84.2 Å². The van der Waals surface area contributed by atoms with Crippen molar-refractivity contribution in [3.63, 3.8) is 0 Å². The number of anilines is 1. The lowest BCUT2D eigenvalue weighted by atomic mass is 10.0. The molecule has 0 bridgehead atoms. The van der Waals surface area contributed by atoms with Gasteiger partial charge < -0.3 is 9.47 Å². The molecule has 8 nitrogen and oxygen atoms in total. The fourth-order valence-electron chi connectivity index (χ4n) is 4.24. The van der Waals surface area contributed by atoms with Gasteiger partial charge in [0.05, 0.1) is 12.0 Å². The Labute approximate surface area is 169 Å². The number of benzene rings is 1. The van der Waals surface area contributed by atoms with Crippen molar-refractivity contribution in [3.05, 3.63) is 55.0 Å². The van der Waals surface area contributed by atoms with Gasteiger partial charge in [-0.05, 0) is 24.0 Å². The zero-order valence-corrected chi connectivity index (χ0v) is 16.9. The maximum Gasteiger partial charge on any atom is 0.262 e. The Balaban J connectivity index is 1.27. The van der Waals surface area contributed by atoms with E-state index in [4.69, 9.17) is 0 Å². The molecule has 2 unspecified atom stereocenters. The molecule has 2 aliphatic rings. The summed E-state index contributed by atoms with van der Waals surface area (Å²) < 4.78 is 28.9. The van der Waals surface area contributed by atoms with Crippen LogP contribution in [0.5, 0.6) is 0 Å². The van der Waals surface area contributed by atoms with Crippen LogP contribution in [-0.2, 0) is 17.1 Å². The number of aromatic nitrogens is 4. The second kappa shape index (κ2) is 6.93. The quantitative estimate of drug-likeness (QED) is 0.650. The first-order valence-electron chi connectivity index (χ1n) is 9.63. The van der Waals surface area contributed by atoms with Gasteiger partial charge in [0.2, 0.25) is 0 Å². The second-order valence-electron chi connectivity index (χ2n) is 7.77. The fourth-order valence-corrected chi connectivity index (χ4v) is 5.76. The monoisotopic (exact) mass is 410 g/mol. The van der Waals surface area contributed by atoms with Gasteiger partial charge in [-0.15, -0.1) is 10.2 Å². The van der Waals surface area contributed by atoms with E-state index in [0.29, 0.717) is 24.9 Å². The summed E-state index contributed by atoms with van der Waals surface area (Å²) in [6, 6.07) is 14.0. The molecule has 2 atom stereocenters. The first kappa shape index (κ1) is 18.3. The van der Waals surface area contributed by atoms with Crippen molar-refractivity contribution in [3.8, 4) is 11.3 Å². The van der Waals surface area contributed by atoms with E-state index in [0.717, 1.165) is 30.2 Å². The number of fused-ring (bicyclic) bond motifs is 1. The minimum atomic E-state index is -3.52. The molecule has 29 heavy (non-hydrogen) atoms. The molecule has 0 saturated carbocycles. The van der Waals surface area contributed by atoms with Crippen LogP contribution in [-0.4, -0.2) is 58.7 Å². The van der Waals surface area contributed by atoms with Gasteiger partial charge in [-0.1, -0.05) is 30.3 Å². The lowest BCUT2D eigenvalue weighted by Crippen LogP contribution is -2.33. The Kier molecular flexibility index (Phi) is 4.36. The van der Waals surface area contributed by atoms with Crippen LogP contribution in [0.4, 0.5) is 5.82 Å². The molecule has 2 aliphatic heterocycles.